The summed E-state index contributed by atoms with van der Waals surface area (Å²) in [4.78, 5) is 23.5. The van der Waals surface area contributed by atoms with E-state index in [-0.39, 0.29) is 5.91 Å². The smallest absolute Gasteiger partial charge is 0.260 e. The SMILES string of the molecule is CN(C=O)C(=O)c1cccc2ccccc12. The van der Waals surface area contributed by atoms with Gasteiger partial charge in [0, 0.05) is 12.6 Å². The first-order valence-corrected chi connectivity index (χ1v) is 4.94. The third-order valence-corrected chi connectivity index (χ3v) is 2.50. The molecule has 80 valence electrons. The second-order valence-corrected chi connectivity index (χ2v) is 3.55. The molecule has 3 heteroatoms. The molecule has 0 atom stereocenters. The lowest BCUT2D eigenvalue weighted by Gasteiger charge is -2.10. The monoisotopic (exact) mass is 213 g/mol. The number of nitrogens with zero attached hydrogens (tertiary/aromatic N) is 1. The van der Waals surface area contributed by atoms with Crippen LogP contribution in [0.4, 0.5) is 0 Å². The molecule has 0 fully saturated rings. The summed E-state index contributed by atoms with van der Waals surface area (Å²) in [5.41, 5.74) is 0.549. The van der Waals surface area contributed by atoms with Gasteiger partial charge in [-0.15, -0.1) is 0 Å². The van der Waals surface area contributed by atoms with E-state index in [1.165, 1.54) is 7.05 Å². The van der Waals surface area contributed by atoms with Gasteiger partial charge in [-0.2, -0.15) is 0 Å². The third-order valence-electron chi connectivity index (χ3n) is 2.50. The van der Waals surface area contributed by atoms with Gasteiger partial charge in [0.25, 0.3) is 5.91 Å². The Bertz CT molecular complexity index is 543. The number of fused-ring (bicyclic) bond motifs is 1. The van der Waals surface area contributed by atoms with E-state index in [0.717, 1.165) is 15.7 Å². The zero-order valence-corrected chi connectivity index (χ0v) is 8.88. The Balaban J connectivity index is 2.60. The van der Waals surface area contributed by atoms with Gasteiger partial charge in [0.1, 0.15) is 0 Å². The first kappa shape index (κ1) is 10.4. The van der Waals surface area contributed by atoms with E-state index in [2.05, 4.69) is 0 Å². The summed E-state index contributed by atoms with van der Waals surface area (Å²) in [5.74, 6) is -0.285. The number of hydrogen-bond acceptors (Lipinski definition) is 2. The maximum atomic E-state index is 11.9. The Labute approximate surface area is 93.3 Å². The highest BCUT2D eigenvalue weighted by Crippen LogP contribution is 2.19. The molecule has 2 amide bonds. The largest absolute Gasteiger partial charge is 0.284 e. The predicted molar refractivity (Wildman–Crippen MR) is 62.1 cm³/mol. The van der Waals surface area contributed by atoms with E-state index in [4.69, 9.17) is 0 Å². The van der Waals surface area contributed by atoms with Gasteiger partial charge in [-0.05, 0) is 16.8 Å². The second-order valence-electron chi connectivity index (χ2n) is 3.55. The van der Waals surface area contributed by atoms with Crippen molar-refractivity contribution < 1.29 is 9.59 Å². The van der Waals surface area contributed by atoms with Crippen LogP contribution in [-0.4, -0.2) is 24.3 Å². The van der Waals surface area contributed by atoms with Gasteiger partial charge in [-0.25, -0.2) is 0 Å². The van der Waals surface area contributed by atoms with Gasteiger partial charge in [0.2, 0.25) is 6.41 Å². The topological polar surface area (TPSA) is 37.4 Å². The minimum atomic E-state index is -0.285. The summed E-state index contributed by atoms with van der Waals surface area (Å²) in [5, 5.41) is 1.86. The van der Waals surface area contributed by atoms with Crippen molar-refractivity contribution in [1.29, 1.82) is 0 Å². The van der Waals surface area contributed by atoms with Crippen LogP contribution in [0, 0.1) is 0 Å². The van der Waals surface area contributed by atoms with E-state index in [0.29, 0.717) is 12.0 Å². The Morgan fingerprint density at radius 1 is 1.12 bits per heavy atom. The van der Waals surface area contributed by atoms with Crippen LogP contribution in [-0.2, 0) is 4.79 Å². The van der Waals surface area contributed by atoms with Crippen LogP contribution < -0.4 is 0 Å². The minimum Gasteiger partial charge on any atom is -0.284 e. The number of carbonyl (C=O) groups is 2. The number of amides is 2. The van der Waals surface area contributed by atoms with Crippen molar-refractivity contribution in [1.82, 2.24) is 4.90 Å². The Kier molecular flexibility index (Phi) is 2.68. The predicted octanol–water partition coefficient (Wildman–Crippen LogP) is 2.07. The normalized spacial score (nSPS) is 10.1. The molecule has 16 heavy (non-hydrogen) atoms. The first-order valence-electron chi connectivity index (χ1n) is 4.94. The second kappa shape index (κ2) is 4.14. The lowest BCUT2D eigenvalue weighted by molar-refractivity contribution is -0.115. The molecule has 0 unspecified atom stereocenters. The van der Waals surface area contributed by atoms with Crippen molar-refractivity contribution in [3.63, 3.8) is 0 Å². The van der Waals surface area contributed by atoms with Crippen LogP contribution in [0.3, 0.4) is 0 Å². The Hall–Kier alpha value is -2.16. The molecular formula is C13H11NO2. The Morgan fingerprint density at radius 2 is 1.81 bits per heavy atom. The fraction of sp³-hybridized carbons (Fsp3) is 0.0769. The summed E-state index contributed by atoms with van der Waals surface area (Å²) in [6.07, 6.45) is 0.518. The lowest BCUT2D eigenvalue weighted by atomic mass is 10.0. The number of imide groups is 1. The van der Waals surface area contributed by atoms with Crippen LogP contribution in [0.25, 0.3) is 10.8 Å². The minimum absolute atomic E-state index is 0.285. The molecule has 3 nitrogen and oxygen atoms in total. The lowest BCUT2D eigenvalue weighted by Crippen LogP contribution is -2.25. The molecule has 2 rings (SSSR count). The molecule has 0 aromatic heterocycles. The molecule has 0 aliphatic heterocycles. The summed E-state index contributed by atoms with van der Waals surface area (Å²) in [7, 11) is 1.46. The maximum absolute atomic E-state index is 11.9. The fourth-order valence-corrected chi connectivity index (χ4v) is 1.65. The number of hydrogen-bond donors (Lipinski definition) is 0. The van der Waals surface area contributed by atoms with Crippen LogP contribution >= 0.6 is 0 Å². The fourth-order valence-electron chi connectivity index (χ4n) is 1.65. The summed E-state index contributed by atoms with van der Waals surface area (Å²) >= 11 is 0. The quantitative estimate of drug-likeness (QED) is 0.716. The molecule has 0 saturated carbocycles. The van der Waals surface area contributed by atoms with Crippen LogP contribution in [0.15, 0.2) is 42.5 Å². The van der Waals surface area contributed by atoms with Gasteiger partial charge in [0.15, 0.2) is 0 Å². The molecule has 0 aliphatic rings. The molecular weight excluding hydrogens is 202 g/mol. The van der Waals surface area contributed by atoms with Gasteiger partial charge in [-0.1, -0.05) is 36.4 Å². The number of benzene rings is 2. The third kappa shape index (κ3) is 1.67. The van der Waals surface area contributed by atoms with Crippen LogP contribution in [0.5, 0.6) is 0 Å². The number of carbonyl (C=O) groups excluding carboxylic acids is 2. The average molecular weight is 213 g/mol. The van der Waals surface area contributed by atoms with Gasteiger partial charge in [-0.3, -0.25) is 14.5 Å². The van der Waals surface area contributed by atoms with Crippen molar-refractivity contribution in [3.05, 3.63) is 48.0 Å². The highest BCUT2D eigenvalue weighted by molar-refractivity contribution is 6.09. The van der Waals surface area contributed by atoms with Crippen molar-refractivity contribution in [2.45, 2.75) is 0 Å². The molecule has 2 aromatic carbocycles. The highest BCUT2D eigenvalue weighted by atomic mass is 16.2. The van der Waals surface area contributed by atoms with Crippen LogP contribution in [0.1, 0.15) is 10.4 Å². The van der Waals surface area contributed by atoms with Gasteiger partial charge in [0.05, 0.1) is 0 Å². The first-order chi connectivity index (χ1) is 7.74. The van der Waals surface area contributed by atoms with Crippen LogP contribution in [0.2, 0.25) is 0 Å². The summed E-state index contributed by atoms with van der Waals surface area (Å²) < 4.78 is 0. The van der Waals surface area contributed by atoms with E-state index in [9.17, 15) is 9.59 Å². The summed E-state index contributed by atoms with van der Waals surface area (Å²) in [6.45, 7) is 0. The molecule has 0 radical (unpaired) electrons. The molecule has 0 aliphatic carbocycles. The number of rotatable bonds is 2. The summed E-state index contributed by atoms with van der Waals surface area (Å²) in [6, 6.07) is 13.1. The molecule has 0 spiro atoms. The van der Waals surface area contributed by atoms with Crippen molar-refractivity contribution >= 4 is 23.1 Å². The molecule has 0 bridgehead atoms. The van der Waals surface area contributed by atoms with E-state index < -0.39 is 0 Å². The van der Waals surface area contributed by atoms with Gasteiger partial charge < -0.3 is 0 Å². The van der Waals surface area contributed by atoms with E-state index in [1.807, 2.05) is 36.4 Å². The standard InChI is InChI=1S/C13H11NO2/c1-14(9-15)13(16)12-8-4-6-10-5-2-3-7-11(10)12/h2-9H,1H3. The highest BCUT2D eigenvalue weighted by Gasteiger charge is 2.13. The molecule has 2 aromatic rings. The molecule has 0 saturated heterocycles. The zero-order chi connectivity index (χ0) is 11.5. The van der Waals surface area contributed by atoms with E-state index >= 15 is 0 Å². The maximum Gasteiger partial charge on any atom is 0.260 e. The van der Waals surface area contributed by atoms with Gasteiger partial charge >= 0.3 is 0 Å². The van der Waals surface area contributed by atoms with Crippen molar-refractivity contribution in [3.8, 4) is 0 Å². The molecule has 0 N–H and O–H groups in total. The van der Waals surface area contributed by atoms with E-state index in [1.54, 1.807) is 6.07 Å². The van der Waals surface area contributed by atoms with Crippen molar-refractivity contribution in [2.75, 3.05) is 7.05 Å². The zero-order valence-electron chi connectivity index (χ0n) is 8.88. The molecule has 0 heterocycles. The average Bonchev–Trinajstić information content (AvgIpc) is 2.36. The Morgan fingerprint density at radius 3 is 2.56 bits per heavy atom. The van der Waals surface area contributed by atoms with Crippen molar-refractivity contribution in [2.24, 2.45) is 0 Å².